The van der Waals surface area contributed by atoms with Gasteiger partial charge < -0.3 is 0 Å². The smallest absolute Gasteiger partial charge is 0.230 e. The third-order valence-corrected chi connectivity index (χ3v) is 6.25. The summed E-state index contributed by atoms with van der Waals surface area (Å²) in [7, 11) is 0. The fourth-order valence-corrected chi connectivity index (χ4v) is 4.83. The highest BCUT2D eigenvalue weighted by Gasteiger charge is 2.19. The average molecular weight is 477 g/mol. The molecular weight excluding hydrogens is 463 g/mol. The van der Waals surface area contributed by atoms with Gasteiger partial charge in [0.25, 0.3) is 0 Å². The largest absolute Gasteiger partial charge is 0.274 e. The van der Waals surface area contributed by atoms with Crippen LogP contribution in [0.25, 0.3) is 5.69 Å². The van der Waals surface area contributed by atoms with Gasteiger partial charge in [-0.2, -0.15) is 4.68 Å². The summed E-state index contributed by atoms with van der Waals surface area (Å²) < 4.78 is 1.62. The molecule has 7 nitrogen and oxygen atoms in total. The topological polar surface area (TPSA) is 76.8 Å². The molecule has 0 atom stereocenters. The first-order valence-corrected chi connectivity index (χ1v) is 11.3. The summed E-state index contributed by atoms with van der Waals surface area (Å²) in [6, 6.07) is 14.4. The van der Waals surface area contributed by atoms with Gasteiger partial charge in [0, 0.05) is 28.1 Å². The van der Waals surface area contributed by atoms with Crippen LogP contribution < -0.4 is 4.90 Å². The zero-order valence-electron chi connectivity index (χ0n) is 15.6. The lowest BCUT2D eigenvalue weighted by Crippen LogP contribution is -2.22. The van der Waals surface area contributed by atoms with Crippen molar-refractivity contribution in [3.05, 3.63) is 69.7 Å². The van der Waals surface area contributed by atoms with E-state index < -0.39 is 0 Å². The van der Waals surface area contributed by atoms with E-state index in [1.54, 1.807) is 39.9 Å². The van der Waals surface area contributed by atoms with Crippen LogP contribution in [0.1, 0.15) is 12.6 Å². The Labute approximate surface area is 190 Å². The number of hydrogen-bond acceptors (Lipinski definition) is 7. The van der Waals surface area contributed by atoms with E-state index in [4.69, 9.17) is 23.2 Å². The molecule has 2 aromatic carbocycles. The number of thioether (sulfide) groups is 1. The monoisotopic (exact) mass is 476 g/mol. The SMILES string of the molecule is CC(=O)N(c1cccc(Cl)c1)c1nc(CSc2nnnn2-c2cccc(Cl)c2)cs1. The molecule has 2 heterocycles. The summed E-state index contributed by atoms with van der Waals surface area (Å²) in [5, 5.41) is 16.1. The average Bonchev–Trinajstić information content (AvgIpc) is 3.36. The second-order valence-electron chi connectivity index (χ2n) is 6.10. The molecular formula is C19H14Cl2N6OS2. The van der Waals surface area contributed by atoms with Crippen LogP contribution in [0.3, 0.4) is 0 Å². The van der Waals surface area contributed by atoms with E-state index in [2.05, 4.69) is 20.5 Å². The Morgan fingerprint density at radius 2 is 1.93 bits per heavy atom. The number of nitrogens with zero attached hydrogens (tertiary/aromatic N) is 6. The molecule has 30 heavy (non-hydrogen) atoms. The van der Waals surface area contributed by atoms with Crippen molar-refractivity contribution >= 4 is 63.0 Å². The minimum Gasteiger partial charge on any atom is -0.274 e. The molecule has 0 bridgehead atoms. The molecule has 0 saturated heterocycles. The highest BCUT2D eigenvalue weighted by atomic mass is 35.5. The molecule has 2 aromatic heterocycles. The van der Waals surface area contributed by atoms with E-state index in [1.807, 2.05) is 23.6 Å². The van der Waals surface area contributed by atoms with Crippen molar-refractivity contribution in [2.45, 2.75) is 17.8 Å². The van der Waals surface area contributed by atoms with Crippen LogP contribution in [0.4, 0.5) is 10.8 Å². The van der Waals surface area contributed by atoms with Crippen LogP contribution >= 0.6 is 46.3 Å². The Kier molecular flexibility index (Phi) is 6.33. The van der Waals surface area contributed by atoms with Crippen LogP contribution in [0.2, 0.25) is 10.0 Å². The first-order chi connectivity index (χ1) is 14.5. The Hall–Kier alpha value is -2.46. The molecule has 4 aromatic rings. The van der Waals surface area contributed by atoms with E-state index in [-0.39, 0.29) is 5.91 Å². The van der Waals surface area contributed by atoms with E-state index >= 15 is 0 Å². The van der Waals surface area contributed by atoms with Crippen LogP contribution in [0, 0.1) is 0 Å². The quantitative estimate of drug-likeness (QED) is 0.346. The molecule has 11 heteroatoms. The van der Waals surface area contributed by atoms with E-state index in [9.17, 15) is 4.79 Å². The molecule has 0 aliphatic carbocycles. The summed E-state index contributed by atoms with van der Waals surface area (Å²) in [4.78, 5) is 18.4. The van der Waals surface area contributed by atoms with Gasteiger partial charge in [-0.3, -0.25) is 9.69 Å². The molecule has 4 rings (SSSR count). The second kappa shape index (κ2) is 9.13. The Bertz CT molecular complexity index is 1200. The molecule has 1 amide bonds. The molecule has 152 valence electrons. The highest BCUT2D eigenvalue weighted by molar-refractivity contribution is 7.98. The number of thiazole rings is 1. The highest BCUT2D eigenvalue weighted by Crippen LogP contribution is 2.32. The number of amides is 1. The van der Waals surface area contributed by atoms with E-state index in [0.29, 0.717) is 31.8 Å². The van der Waals surface area contributed by atoms with Crippen LogP contribution in [-0.2, 0) is 10.5 Å². The molecule has 0 N–H and O–H groups in total. The summed E-state index contributed by atoms with van der Waals surface area (Å²) in [6.45, 7) is 1.50. The van der Waals surface area contributed by atoms with Crippen molar-refractivity contribution in [1.29, 1.82) is 0 Å². The van der Waals surface area contributed by atoms with Crippen LogP contribution in [-0.4, -0.2) is 31.1 Å². The predicted molar refractivity (Wildman–Crippen MR) is 120 cm³/mol. The van der Waals surface area contributed by atoms with Gasteiger partial charge in [0.1, 0.15) is 0 Å². The number of anilines is 2. The van der Waals surface area contributed by atoms with Crippen molar-refractivity contribution in [2.24, 2.45) is 0 Å². The van der Waals surface area contributed by atoms with Gasteiger partial charge in [-0.25, -0.2) is 4.98 Å². The maximum atomic E-state index is 12.2. The molecule has 0 saturated carbocycles. The number of benzene rings is 2. The number of hydrogen-bond donors (Lipinski definition) is 0. The third-order valence-electron chi connectivity index (χ3n) is 3.96. The number of halogens is 2. The first kappa shape index (κ1) is 20.8. The summed E-state index contributed by atoms with van der Waals surface area (Å²) >= 11 is 15.0. The van der Waals surface area contributed by atoms with Crippen molar-refractivity contribution in [1.82, 2.24) is 25.2 Å². The molecule has 0 aliphatic rings. The van der Waals surface area contributed by atoms with Crippen molar-refractivity contribution in [3.63, 3.8) is 0 Å². The third kappa shape index (κ3) is 4.65. The minimum absolute atomic E-state index is 0.143. The van der Waals surface area contributed by atoms with Crippen molar-refractivity contribution in [2.75, 3.05) is 4.90 Å². The minimum atomic E-state index is -0.143. The number of carbonyl (C=O) groups is 1. The summed E-state index contributed by atoms with van der Waals surface area (Å²) in [5.41, 5.74) is 2.26. The lowest BCUT2D eigenvalue weighted by molar-refractivity contribution is -0.115. The maximum absolute atomic E-state index is 12.2. The zero-order valence-corrected chi connectivity index (χ0v) is 18.7. The van der Waals surface area contributed by atoms with Gasteiger partial charge in [0.15, 0.2) is 5.13 Å². The lowest BCUT2D eigenvalue weighted by atomic mass is 10.3. The predicted octanol–water partition coefficient (Wildman–Crippen LogP) is 5.40. The molecule has 0 fully saturated rings. The Morgan fingerprint density at radius 1 is 1.17 bits per heavy atom. The fourth-order valence-electron chi connectivity index (χ4n) is 2.68. The second-order valence-corrected chi connectivity index (χ2v) is 8.75. The summed E-state index contributed by atoms with van der Waals surface area (Å²) in [5.74, 6) is 0.398. The van der Waals surface area contributed by atoms with Gasteiger partial charge in [0.05, 0.1) is 17.1 Å². The molecule has 0 unspecified atom stereocenters. The number of aromatic nitrogens is 5. The number of rotatable bonds is 6. The van der Waals surface area contributed by atoms with Crippen LogP contribution in [0.5, 0.6) is 0 Å². The van der Waals surface area contributed by atoms with Gasteiger partial charge in [-0.05, 0) is 46.8 Å². The van der Waals surface area contributed by atoms with Gasteiger partial charge >= 0.3 is 0 Å². The van der Waals surface area contributed by atoms with E-state index in [0.717, 1.165) is 11.4 Å². The van der Waals surface area contributed by atoms with Crippen LogP contribution in [0.15, 0.2) is 59.1 Å². The summed E-state index contributed by atoms with van der Waals surface area (Å²) in [6.07, 6.45) is 0. The number of tetrazole rings is 1. The molecule has 0 radical (unpaired) electrons. The van der Waals surface area contributed by atoms with Crippen molar-refractivity contribution in [3.8, 4) is 5.69 Å². The Balaban J connectivity index is 1.52. The Morgan fingerprint density at radius 3 is 2.67 bits per heavy atom. The van der Waals surface area contributed by atoms with Gasteiger partial charge in [-0.15, -0.1) is 16.4 Å². The fraction of sp³-hybridized carbons (Fsp3) is 0.105. The molecule has 0 spiro atoms. The van der Waals surface area contributed by atoms with Gasteiger partial charge in [0.2, 0.25) is 11.1 Å². The first-order valence-electron chi connectivity index (χ1n) is 8.69. The van der Waals surface area contributed by atoms with E-state index in [1.165, 1.54) is 30.0 Å². The normalized spacial score (nSPS) is 10.9. The lowest BCUT2D eigenvalue weighted by Gasteiger charge is -2.18. The standard InChI is InChI=1S/C19H14Cl2N6OS2/c1-12(28)26(16-6-2-4-13(20)8-16)18-22-15(10-29-18)11-30-19-23-24-25-27(19)17-7-3-5-14(21)9-17/h2-10H,11H2,1H3. The maximum Gasteiger partial charge on any atom is 0.230 e. The molecule has 0 aliphatic heterocycles. The van der Waals surface area contributed by atoms with Crippen molar-refractivity contribution < 1.29 is 4.79 Å². The van der Waals surface area contributed by atoms with Gasteiger partial charge in [-0.1, -0.05) is 47.1 Å². The number of carbonyl (C=O) groups excluding carboxylic acids is 1. The zero-order chi connectivity index (χ0) is 21.1.